The number of nitrogens with one attached hydrogen (secondary N) is 2. The lowest BCUT2D eigenvalue weighted by Crippen LogP contribution is -2.20. The summed E-state index contributed by atoms with van der Waals surface area (Å²) in [6.45, 7) is 0.635. The predicted molar refractivity (Wildman–Crippen MR) is 82.2 cm³/mol. The Morgan fingerprint density at radius 1 is 1.55 bits per heavy atom. The van der Waals surface area contributed by atoms with E-state index in [1.54, 1.807) is 0 Å². The lowest BCUT2D eigenvalue weighted by atomic mass is 10.1. The summed E-state index contributed by atoms with van der Waals surface area (Å²) >= 11 is 0. The van der Waals surface area contributed by atoms with Crippen LogP contribution in [-0.4, -0.2) is 46.0 Å². The van der Waals surface area contributed by atoms with Gasteiger partial charge in [0.1, 0.15) is 1.41 Å². The summed E-state index contributed by atoms with van der Waals surface area (Å²) in [5, 5.41) is 0.478. The molecule has 0 amide bonds. The minimum absolute atomic E-state index is 0.00460. The molecule has 0 spiro atoms. The van der Waals surface area contributed by atoms with Gasteiger partial charge < -0.3 is 9.88 Å². The lowest BCUT2D eigenvalue weighted by Gasteiger charge is -2.08. The van der Waals surface area contributed by atoms with E-state index in [0.717, 1.165) is 12.0 Å². The Morgan fingerprint density at radius 3 is 2.95 bits per heavy atom. The molecule has 1 aromatic heterocycles. The van der Waals surface area contributed by atoms with E-state index in [0.29, 0.717) is 29.4 Å². The molecule has 5 nitrogen and oxygen atoms in total. The van der Waals surface area contributed by atoms with E-state index in [4.69, 9.17) is 6.94 Å². The van der Waals surface area contributed by atoms with Crippen LogP contribution in [0.25, 0.3) is 10.9 Å². The van der Waals surface area contributed by atoms with Gasteiger partial charge in [0.05, 0.1) is 7.08 Å². The Bertz CT molecular complexity index is 893. The van der Waals surface area contributed by atoms with Gasteiger partial charge in [-0.05, 0) is 50.8 Å². The zero-order valence-electron chi connectivity index (χ0n) is 16.7. The molecule has 0 aliphatic carbocycles. The van der Waals surface area contributed by atoms with Crippen LogP contribution in [0.4, 0.5) is 0 Å². The third-order valence-corrected chi connectivity index (χ3v) is 3.90. The number of nitrogens with zero attached hydrogens (tertiary/aromatic N) is 1. The van der Waals surface area contributed by atoms with Crippen molar-refractivity contribution in [3.8, 4) is 0 Å². The number of aromatic amines is 1. The highest BCUT2D eigenvalue weighted by Gasteiger charge is 2.11. The fraction of sp³-hybridized carbons (Fsp3) is 0.429. The number of H-pyrrole nitrogens is 1. The topological polar surface area (TPSA) is 65.2 Å². The predicted octanol–water partition coefficient (Wildman–Crippen LogP) is 1.32. The molecular formula is C14H21N3O2S. The standard InChI is InChI=1S/C14H21N3O2S/c1-15-20(18,19)10-11-4-5-14-13(8-11)12(9-16-14)6-7-17(2)3/h4-5,8-9,15-16H,6-7,10H2,1-3H3/i9D,10D2/hD2. The molecule has 0 saturated heterocycles. The molecule has 2 aromatic rings. The van der Waals surface area contributed by atoms with Crippen molar-refractivity contribution in [3.05, 3.63) is 35.5 Å². The van der Waals surface area contributed by atoms with Crippen molar-refractivity contribution in [2.24, 2.45) is 0 Å². The van der Waals surface area contributed by atoms with Crippen molar-refractivity contribution >= 4 is 20.9 Å². The fourth-order valence-electron chi connectivity index (χ4n) is 1.85. The molecule has 1 heterocycles. The first-order valence-corrected chi connectivity index (χ1v) is 7.61. The van der Waals surface area contributed by atoms with E-state index in [9.17, 15) is 8.42 Å². The summed E-state index contributed by atoms with van der Waals surface area (Å²) in [4.78, 5) is 2.87. The maximum Gasteiger partial charge on any atom is 0.215 e. The van der Waals surface area contributed by atoms with Crippen molar-refractivity contribution in [2.75, 3.05) is 27.7 Å². The van der Waals surface area contributed by atoms with Crippen molar-refractivity contribution in [3.63, 3.8) is 0 Å². The van der Waals surface area contributed by atoms with Gasteiger partial charge in [-0.1, -0.05) is 6.07 Å². The second-order valence-corrected chi connectivity index (χ2v) is 6.27. The molecule has 0 radical (unpaired) electrons. The molecule has 0 atom stereocenters. The molecule has 0 fully saturated rings. The van der Waals surface area contributed by atoms with Gasteiger partial charge in [0.2, 0.25) is 10.0 Å². The normalized spacial score (nSPS) is 16.9. The maximum absolute atomic E-state index is 12.1. The molecule has 0 saturated carbocycles. The molecule has 2 rings (SSSR count). The minimum atomic E-state index is -4.52. The van der Waals surface area contributed by atoms with Crippen molar-refractivity contribution < 1.29 is 15.4 Å². The van der Waals surface area contributed by atoms with Crippen LogP contribution in [0.3, 0.4) is 0 Å². The molecule has 6 heteroatoms. The van der Waals surface area contributed by atoms with Crippen LogP contribution in [0.2, 0.25) is 2.82 Å². The first-order chi connectivity index (χ1) is 11.4. The van der Waals surface area contributed by atoms with Crippen LogP contribution in [0.1, 0.15) is 15.2 Å². The van der Waals surface area contributed by atoms with Gasteiger partial charge in [0, 0.05) is 26.4 Å². The Balaban J connectivity index is 2.64. The van der Waals surface area contributed by atoms with Gasteiger partial charge in [0.15, 0.2) is 1.41 Å². The third kappa shape index (κ3) is 3.59. The summed E-state index contributed by atoms with van der Waals surface area (Å²) in [6, 6.07) is 4.08. The minimum Gasteiger partial charge on any atom is -0.361 e. The summed E-state index contributed by atoms with van der Waals surface area (Å²) in [5.41, 5.74) is -1.94. The lowest BCUT2D eigenvalue weighted by molar-refractivity contribution is 0.414. The number of fused-ring (bicyclic) bond motifs is 1. The van der Waals surface area contributed by atoms with Crippen LogP contribution >= 0.6 is 0 Å². The summed E-state index contributed by atoms with van der Waals surface area (Å²) in [6.07, 6.45) is 0.473. The Kier molecular flexibility index (Phi) is 2.84. The van der Waals surface area contributed by atoms with Gasteiger partial charge in [0.25, 0.3) is 0 Å². The van der Waals surface area contributed by atoms with Crippen molar-refractivity contribution in [2.45, 2.75) is 12.1 Å². The number of benzene rings is 1. The van der Waals surface area contributed by atoms with Crippen LogP contribution in [0, 0.1) is 0 Å². The van der Waals surface area contributed by atoms with E-state index < -0.39 is 15.7 Å². The average Bonchev–Trinajstić information content (AvgIpc) is 2.76. The monoisotopic (exact) mass is 300 g/mol. The molecular weight excluding hydrogens is 274 g/mol. The van der Waals surface area contributed by atoms with Crippen LogP contribution in [0.15, 0.2) is 24.4 Å². The number of rotatable bonds is 6. The van der Waals surface area contributed by atoms with Crippen molar-refractivity contribution in [1.82, 2.24) is 14.6 Å². The van der Waals surface area contributed by atoms with Gasteiger partial charge in [-0.3, -0.25) is 0 Å². The number of hydrogen-bond donors (Lipinski definition) is 2. The second-order valence-electron chi connectivity index (χ2n) is 4.75. The summed E-state index contributed by atoms with van der Waals surface area (Å²) in [5.74, 6) is 0. The third-order valence-electron chi connectivity index (χ3n) is 2.93. The fourth-order valence-corrected chi connectivity index (χ4v) is 2.36. The number of likely N-dealkylation sites (N-methyl/N-ethyl adjacent to an activating group) is 1. The zero-order chi connectivity index (χ0) is 19.2. The number of aromatic nitrogens is 1. The SMILES string of the molecule is [2H]c1c(CCN(C)C)c2cc(C([2H])([2H])S(=O)(=O)N([2H])C)ccc2n1[2H]. The maximum atomic E-state index is 12.1. The summed E-state index contributed by atoms with van der Waals surface area (Å²) < 4.78 is 63.7. The quantitative estimate of drug-likeness (QED) is 0.845. The molecule has 0 bridgehead atoms. The second kappa shape index (κ2) is 5.95. The van der Waals surface area contributed by atoms with E-state index in [1.807, 2.05) is 19.0 Å². The van der Waals surface area contributed by atoms with Crippen LogP contribution < -0.4 is 4.72 Å². The zero-order valence-corrected chi connectivity index (χ0v) is 12.5. The first-order valence-electron chi connectivity index (χ1n) is 8.56. The highest BCUT2D eigenvalue weighted by molar-refractivity contribution is 7.88. The highest BCUT2D eigenvalue weighted by atomic mass is 32.2. The van der Waals surface area contributed by atoms with Gasteiger partial charge in [-0.25, -0.2) is 13.1 Å². The molecule has 2 N–H and O–H groups in total. The van der Waals surface area contributed by atoms with Crippen molar-refractivity contribution in [1.29, 1.82) is 0 Å². The molecule has 1 aromatic carbocycles. The number of sulfonamides is 1. The molecule has 0 aliphatic rings. The largest absolute Gasteiger partial charge is 0.361 e. The van der Waals surface area contributed by atoms with E-state index in [1.165, 1.54) is 18.2 Å². The van der Waals surface area contributed by atoms with E-state index in [-0.39, 0.29) is 16.5 Å². The Labute approximate surface area is 127 Å². The molecule has 0 unspecified atom stereocenters. The first kappa shape index (κ1) is 9.55. The van der Waals surface area contributed by atoms with Crippen LogP contribution in [-0.2, 0) is 22.1 Å². The summed E-state index contributed by atoms with van der Waals surface area (Å²) in [7, 11) is 0.198. The Morgan fingerprint density at radius 2 is 2.30 bits per heavy atom. The van der Waals surface area contributed by atoms with Gasteiger partial charge in [-0.2, -0.15) is 0 Å². The molecule has 110 valence electrons. The molecule has 0 aliphatic heterocycles. The Hall–Kier alpha value is -1.37. The van der Waals surface area contributed by atoms with Gasteiger partial charge in [-0.15, -0.1) is 0 Å². The van der Waals surface area contributed by atoms with Crippen LogP contribution in [0.5, 0.6) is 0 Å². The van der Waals surface area contributed by atoms with Gasteiger partial charge >= 0.3 is 0 Å². The highest BCUT2D eigenvalue weighted by Crippen LogP contribution is 2.21. The van der Waals surface area contributed by atoms with E-state index in [2.05, 4.69) is 0 Å². The smallest absolute Gasteiger partial charge is 0.215 e. The number of hydrogen-bond acceptors (Lipinski definition) is 3. The molecule has 20 heavy (non-hydrogen) atoms. The average molecular weight is 300 g/mol. The van der Waals surface area contributed by atoms with E-state index >= 15 is 0 Å².